The molecule has 2 aromatic rings. The van der Waals surface area contributed by atoms with Gasteiger partial charge in [-0.05, 0) is 24.5 Å². The SMILES string of the molecule is CCCc1nc(N)cc(NCCc2ccccc2OC)n1. The molecule has 5 heteroatoms. The fourth-order valence-corrected chi connectivity index (χ4v) is 2.18. The molecular weight excluding hydrogens is 264 g/mol. The average Bonchev–Trinajstić information content (AvgIpc) is 2.47. The number of anilines is 2. The highest BCUT2D eigenvalue weighted by Crippen LogP contribution is 2.18. The number of hydrogen-bond acceptors (Lipinski definition) is 5. The number of hydrogen-bond donors (Lipinski definition) is 2. The van der Waals surface area contributed by atoms with E-state index in [1.807, 2.05) is 18.2 Å². The summed E-state index contributed by atoms with van der Waals surface area (Å²) >= 11 is 0. The standard InChI is InChI=1S/C16H22N4O/c1-3-6-15-19-14(17)11-16(20-15)18-10-9-12-7-4-5-8-13(12)21-2/h4-5,7-8,11H,3,6,9-10H2,1-2H3,(H3,17,18,19,20). The number of nitrogens with two attached hydrogens (primary N) is 1. The summed E-state index contributed by atoms with van der Waals surface area (Å²) in [5.74, 6) is 2.99. The zero-order chi connectivity index (χ0) is 15.1. The Bertz CT molecular complexity index is 586. The maximum Gasteiger partial charge on any atom is 0.133 e. The summed E-state index contributed by atoms with van der Waals surface area (Å²) in [4.78, 5) is 8.69. The Hall–Kier alpha value is -2.30. The molecule has 1 aromatic heterocycles. The molecule has 112 valence electrons. The quantitative estimate of drug-likeness (QED) is 0.818. The molecule has 0 radical (unpaired) electrons. The minimum absolute atomic E-state index is 0.508. The normalized spacial score (nSPS) is 10.4. The molecule has 21 heavy (non-hydrogen) atoms. The molecule has 5 nitrogen and oxygen atoms in total. The summed E-state index contributed by atoms with van der Waals surface area (Å²) < 4.78 is 5.34. The molecule has 3 N–H and O–H groups in total. The number of nitrogen functional groups attached to an aromatic ring is 1. The monoisotopic (exact) mass is 286 g/mol. The molecule has 0 spiro atoms. The molecule has 0 saturated heterocycles. The van der Waals surface area contributed by atoms with Crippen molar-refractivity contribution in [2.75, 3.05) is 24.7 Å². The second-order valence-electron chi connectivity index (χ2n) is 4.83. The van der Waals surface area contributed by atoms with E-state index >= 15 is 0 Å². The predicted molar refractivity (Wildman–Crippen MR) is 85.6 cm³/mol. The van der Waals surface area contributed by atoms with E-state index in [9.17, 15) is 0 Å². The molecule has 0 aliphatic rings. The van der Waals surface area contributed by atoms with Crippen LogP contribution in [0, 0.1) is 0 Å². The minimum atomic E-state index is 0.508. The fourth-order valence-electron chi connectivity index (χ4n) is 2.18. The van der Waals surface area contributed by atoms with Crippen molar-refractivity contribution in [1.29, 1.82) is 0 Å². The highest BCUT2D eigenvalue weighted by Gasteiger charge is 2.04. The highest BCUT2D eigenvalue weighted by molar-refractivity contribution is 5.45. The summed E-state index contributed by atoms with van der Waals surface area (Å²) in [5.41, 5.74) is 6.98. The van der Waals surface area contributed by atoms with Crippen molar-refractivity contribution in [3.63, 3.8) is 0 Å². The zero-order valence-corrected chi connectivity index (χ0v) is 12.6. The number of para-hydroxylation sites is 1. The van der Waals surface area contributed by atoms with Crippen LogP contribution in [0.5, 0.6) is 5.75 Å². The van der Waals surface area contributed by atoms with Crippen molar-refractivity contribution in [2.45, 2.75) is 26.2 Å². The van der Waals surface area contributed by atoms with E-state index in [2.05, 4.69) is 28.3 Å². The van der Waals surface area contributed by atoms with Crippen LogP contribution in [0.4, 0.5) is 11.6 Å². The number of nitrogens with one attached hydrogen (secondary N) is 1. The van der Waals surface area contributed by atoms with Gasteiger partial charge in [0.1, 0.15) is 23.2 Å². The van der Waals surface area contributed by atoms with Crippen molar-refractivity contribution in [2.24, 2.45) is 0 Å². The third-order valence-corrected chi connectivity index (χ3v) is 3.16. The van der Waals surface area contributed by atoms with Crippen molar-refractivity contribution >= 4 is 11.6 Å². The first kappa shape index (κ1) is 15.1. The van der Waals surface area contributed by atoms with Gasteiger partial charge in [-0.2, -0.15) is 0 Å². The number of rotatable bonds is 7. The maximum absolute atomic E-state index is 5.81. The topological polar surface area (TPSA) is 73.1 Å². The molecule has 2 rings (SSSR count). The van der Waals surface area contributed by atoms with E-state index in [0.717, 1.165) is 43.2 Å². The summed E-state index contributed by atoms with van der Waals surface area (Å²) in [6, 6.07) is 9.79. The highest BCUT2D eigenvalue weighted by atomic mass is 16.5. The average molecular weight is 286 g/mol. The van der Waals surface area contributed by atoms with Crippen LogP contribution in [0.1, 0.15) is 24.7 Å². The van der Waals surface area contributed by atoms with E-state index in [-0.39, 0.29) is 0 Å². The van der Waals surface area contributed by atoms with Crippen LogP contribution in [-0.2, 0) is 12.8 Å². The molecule has 1 aromatic carbocycles. The van der Waals surface area contributed by atoms with Gasteiger partial charge in [0.05, 0.1) is 7.11 Å². The van der Waals surface area contributed by atoms with Crippen LogP contribution in [0.15, 0.2) is 30.3 Å². The van der Waals surface area contributed by atoms with Crippen molar-refractivity contribution in [3.05, 3.63) is 41.7 Å². The second kappa shape index (κ2) is 7.47. The molecule has 0 saturated carbocycles. The van der Waals surface area contributed by atoms with Crippen LogP contribution in [0.25, 0.3) is 0 Å². The van der Waals surface area contributed by atoms with Gasteiger partial charge in [-0.1, -0.05) is 25.1 Å². The van der Waals surface area contributed by atoms with Gasteiger partial charge < -0.3 is 15.8 Å². The molecule has 0 bridgehead atoms. The first-order chi connectivity index (χ1) is 10.2. The third kappa shape index (κ3) is 4.34. The minimum Gasteiger partial charge on any atom is -0.496 e. The lowest BCUT2D eigenvalue weighted by Crippen LogP contribution is -2.10. The number of aryl methyl sites for hydroxylation is 1. The summed E-state index contributed by atoms with van der Waals surface area (Å²) in [5, 5.41) is 3.30. The van der Waals surface area contributed by atoms with Crippen molar-refractivity contribution in [1.82, 2.24) is 9.97 Å². The van der Waals surface area contributed by atoms with E-state index in [1.165, 1.54) is 5.56 Å². The van der Waals surface area contributed by atoms with Crippen molar-refractivity contribution < 1.29 is 4.74 Å². The zero-order valence-electron chi connectivity index (χ0n) is 12.6. The first-order valence-corrected chi connectivity index (χ1v) is 7.22. The second-order valence-corrected chi connectivity index (χ2v) is 4.83. The molecule has 0 unspecified atom stereocenters. The van der Waals surface area contributed by atoms with Crippen LogP contribution in [-0.4, -0.2) is 23.6 Å². The van der Waals surface area contributed by atoms with Crippen LogP contribution >= 0.6 is 0 Å². The smallest absolute Gasteiger partial charge is 0.133 e. The van der Waals surface area contributed by atoms with Gasteiger partial charge in [-0.3, -0.25) is 0 Å². The lowest BCUT2D eigenvalue weighted by Gasteiger charge is -2.10. The van der Waals surface area contributed by atoms with Gasteiger partial charge >= 0.3 is 0 Å². The summed E-state index contributed by atoms with van der Waals surface area (Å²) in [7, 11) is 1.69. The van der Waals surface area contributed by atoms with Crippen molar-refractivity contribution in [3.8, 4) is 5.75 Å². The Labute approximate surface area is 125 Å². The van der Waals surface area contributed by atoms with Gasteiger partial charge in [0.25, 0.3) is 0 Å². The van der Waals surface area contributed by atoms with Gasteiger partial charge in [0.2, 0.25) is 0 Å². The molecular formula is C16H22N4O. The Morgan fingerprint density at radius 2 is 2.00 bits per heavy atom. The summed E-state index contributed by atoms with van der Waals surface area (Å²) in [6.45, 7) is 2.86. The lowest BCUT2D eigenvalue weighted by molar-refractivity contribution is 0.410. The van der Waals surface area contributed by atoms with Gasteiger partial charge in [-0.25, -0.2) is 9.97 Å². The number of aromatic nitrogens is 2. The number of methoxy groups -OCH3 is 1. The Balaban J connectivity index is 1.97. The Morgan fingerprint density at radius 3 is 2.76 bits per heavy atom. The number of nitrogens with zero attached hydrogens (tertiary/aromatic N) is 2. The maximum atomic E-state index is 5.81. The molecule has 0 aliphatic heterocycles. The van der Waals surface area contributed by atoms with Crippen LogP contribution < -0.4 is 15.8 Å². The summed E-state index contributed by atoms with van der Waals surface area (Å²) in [6.07, 6.45) is 2.70. The Morgan fingerprint density at radius 1 is 1.19 bits per heavy atom. The third-order valence-electron chi connectivity index (χ3n) is 3.16. The molecule has 0 aliphatic carbocycles. The molecule has 1 heterocycles. The molecule has 0 fully saturated rings. The largest absolute Gasteiger partial charge is 0.496 e. The van der Waals surface area contributed by atoms with E-state index < -0.39 is 0 Å². The molecule has 0 amide bonds. The number of benzene rings is 1. The van der Waals surface area contributed by atoms with Gasteiger partial charge in [0.15, 0.2) is 0 Å². The lowest BCUT2D eigenvalue weighted by atomic mass is 10.1. The van der Waals surface area contributed by atoms with Crippen LogP contribution in [0.3, 0.4) is 0 Å². The van der Waals surface area contributed by atoms with E-state index in [0.29, 0.717) is 5.82 Å². The number of ether oxygens (including phenoxy) is 1. The first-order valence-electron chi connectivity index (χ1n) is 7.22. The Kier molecular flexibility index (Phi) is 5.37. The van der Waals surface area contributed by atoms with E-state index in [4.69, 9.17) is 10.5 Å². The fraction of sp³-hybridized carbons (Fsp3) is 0.375. The molecule has 0 atom stereocenters. The van der Waals surface area contributed by atoms with E-state index in [1.54, 1.807) is 13.2 Å². The van der Waals surface area contributed by atoms with Gasteiger partial charge in [0, 0.05) is 19.0 Å². The predicted octanol–water partition coefficient (Wildman–Crippen LogP) is 2.67. The van der Waals surface area contributed by atoms with Gasteiger partial charge in [-0.15, -0.1) is 0 Å². The van der Waals surface area contributed by atoms with Crippen LogP contribution in [0.2, 0.25) is 0 Å².